The molecule has 0 radical (unpaired) electrons. The lowest BCUT2D eigenvalue weighted by Gasteiger charge is -2.18. The van der Waals surface area contributed by atoms with Crippen molar-refractivity contribution in [1.82, 2.24) is 19.9 Å². The smallest absolute Gasteiger partial charge is 0.404 e. The Kier molecular flexibility index (Phi) is 7.87. The van der Waals surface area contributed by atoms with Crippen molar-refractivity contribution < 1.29 is 36.2 Å². The second-order valence-electron chi connectivity index (χ2n) is 8.07. The fourth-order valence-electron chi connectivity index (χ4n) is 2.82. The molecule has 0 spiro atoms. The summed E-state index contributed by atoms with van der Waals surface area (Å²) in [6.07, 6.45) is -4.72. The fraction of sp³-hybridized carbons (Fsp3) is 0.421. The fourth-order valence-corrected chi connectivity index (χ4v) is 6.00. The first-order chi connectivity index (χ1) is 16.0. The van der Waals surface area contributed by atoms with Crippen LogP contribution in [0.5, 0.6) is 0 Å². The van der Waals surface area contributed by atoms with Gasteiger partial charge in [0.15, 0.2) is 5.01 Å². The Bertz CT molecular complexity index is 1340. The van der Waals surface area contributed by atoms with Crippen LogP contribution in [0.2, 0.25) is 10.0 Å². The zero-order valence-electron chi connectivity index (χ0n) is 18.3. The number of hydrogen-bond acceptors (Lipinski definition) is 9. The molecule has 0 aliphatic rings. The number of nitrogens with zero attached hydrogens (tertiary/aromatic N) is 3. The number of hydrogen-bond donors (Lipinski definition) is 3. The molecule has 0 aliphatic heterocycles. The molecule has 3 aromatic rings. The van der Waals surface area contributed by atoms with Gasteiger partial charge in [-0.25, -0.2) is 13.4 Å². The van der Waals surface area contributed by atoms with Gasteiger partial charge in [0.2, 0.25) is 15.9 Å². The molecule has 0 amide bonds. The van der Waals surface area contributed by atoms with E-state index in [1.807, 2.05) is 0 Å². The van der Waals surface area contributed by atoms with E-state index in [2.05, 4.69) is 15.2 Å². The monoisotopic (exact) mass is 574 g/mol. The molecule has 0 fully saturated rings. The van der Waals surface area contributed by atoms with Crippen LogP contribution in [0.3, 0.4) is 0 Å². The molecule has 1 atom stereocenters. The third kappa shape index (κ3) is 6.31. The highest BCUT2D eigenvalue weighted by atomic mass is 35.5. The lowest BCUT2D eigenvalue weighted by Crippen LogP contribution is -2.43. The minimum absolute atomic E-state index is 0.0157. The largest absolute Gasteiger partial charge is 0.419 e. The number of sulfonamides is 1. The first-order valence-electron chi connectivity index (χ1n) is 9.76. The van der Waals surface area contributed by atoms with Crippen molar-refractivity contribution in [2.24, 2.45) is 0 Å². The molecule has 9 nitrogen and oxygen atoms in total. The van der Waals surface area contributed by atoms with Crippen molar-refractivity contribution in [3.8, 4) is 21.3 Å². The molecular weight excluding hydrogens is 556 g/mol. The minimum Gasteiger partial charge on any atom is -0.419 e. The molecule has 2 aromatic heterocycles. The van der Waals surface area contributed by atoms with E-state index in [0.29, 0.717) is 11.8 Å². The van der Waals surface area contributed by atoms with Crippen LogP contribution < -0.4 is 4.72 Å². The van der Waals surface area contributed by atoms with Crippen molar-refractivity contribution in [1.29, 1.82) is 0 Å². The van der Waals surface area contributed by atoms with Gasteiger partial charge >= 0.3 is 6.18 Å². The Morgan fingerprint density at radius 1 is 1.20 bits per heavy atom. The maximum Gasteiger partial charge on any atom is 0.404 e. The summed E-state index contributed by atoms with van der Waals surface area (Å²) in [6.45, 7) is 3.25. The molecule has 3 rings (SSSR count). The van der Waals surface area contributed by atoms with Gasteiger partial charge in [0.05, 0.1) is 39.2 Å². The standard InChI is InChI=1S/C19H19Cl2F3N4O5S2/c1-8(19(22,23)24)28-35(31,32)11-5-4-9(13(20)14(11)21)15-10(7-29)25-17(34-15)16-27-26-12(33-16)6-18(2,3)30/h4-5,8,28-30H,6-7H2,1-3H3. The first-order valence-corrected chi connectivity index (χ1v) is 12.8. The summed E-state index contributed by atoms with van der Waals surface area (Å²) in [5.41, 5.74) is -0.763. The van der Waals surface area contributed by atoms with Crippen molar-refractivity contribution in [3.63, 3.8) is 0 Å². The summed E-state index contributed by atoms with van der Waals surface area (Å²) in [5.74, 6) is 0.174. The van der Waals surface area contributed by atoms with E-state index in [4.69, 9.17) is 27.6 Å². The van der Waals surface area contributed by atoms with Gasteiger partial charge in [-0.1, -0.05) is 29.3 Å². The summed E-state index contributed by atoms with van der Waals surface area (Å²) in [7, 11) is -4.66. The molecule has 1 unspecified atom stereocenters. The Labute approximate surface area is 212 Å². The van der Waals surface area contributed by atoms with Gasteiger partial charge in [-0.2, -0.15) is 17.9 Å². The van der Waals surface area contributed by atoms with E-state index in [-0.39, 0.29) is 39.5 Å². The van der Waals surface area contributed by atoms with E-state index in [1.165, 1.54) is 10.8 Å². The number of aromatic nitrogens is 3. The summed E-state index contributed by atoms with van der Waals surface area (Å²) in [6, 6.07) is -0.114. The lowest BCUT2D eigenvalue weighted by atomic mass is 10.1. The predicted octanol–water partition coefficient (Wildman–Crippen LogP) is 4.20. The molecule has 2 heterocycles. The van der Waals surface area contributed by atoms with E-state index < -0.39 is 44.4 Å². The van der Waals surface area contributed by atoms with Crippen LogP contribution in [0.15, 0.2) is 21.4 Å². The van der Waals surface area contributed by atoms with Crippen LogP contribution in [0.1, 0.15) is 32.4 Å². The highest BCUT2D eigenvalue weighted by Gasteiger charge is 2.39. The van der Waals surface area contributed by atoms with Gasteiger partial charge in [-0.05, 0) is 26.8 Å². The molecule has 192 valence electrons. The van der Waals surface area contributed by atoms with Crippen molar-refractivity contribution >= 4 is 44.6 Å². The molecule has 0 saturated carbocycles. The maximum absolute atomic E-state index is 12.8. The highest BCUT2D eigenvalue weighted by molar-refractivity contribution is 7.89. The SMILES string of the molecule is CC(NS(=O)(=O)c1ccc(-c2sc(-c3nnc(CC(C)(C)O)o3)nc2CO)c(Cl)c1Cl)C(F)(F)F. The topological polar surface area (TPSA) is 138 Å². The third-order valence-corrected chi connectivity index (χ3v) is 8.18. The van der Waals surface area contributed by atoms with Crippen LogP contribution in [0.25, 0.3) is 21.3 Å². The number of aliphatic hydroxyl groups excluding tert-OH is 1. The van der Waals surface area contributed by atoms with Gasteiger partial charge in [-0.3, -0.25) is 0 Å². The quantitative estimate of drug-likeness (QED) is 0.364. The summed E-state index contributed by atoms with van der Waals surface area (Å²) in [5, 5.41) is 26.9. The molecule has 0 bridgehead atoms. The van der Waals surface area contributed by atoms with Crippen LogP contribution in [-0.4, -0.2) is 51.6 Å². The number of nitrogens with one attached hydrogen (secondary N) is 1. The van der Waals surface area contributed by atoms with Gasteiger partial charge < -0.3 is 14.6 Å². The normalized spacial score (nSPS) is 13.9. The van der Waals surface area contributed by atoms with Crippen LogP contribution in [-0.2, 0) is 23.1 Å². The van der Waals surface area contributed by atoms with Crippen LogP contribution in [0.4, 0.5) is 13.2 Å². The summed E-state index contributed by atoms with van der Waals surface area (Å²) in [4.78, 5) is 3.90. The lowest BCUT2D eigenvalue weighted by molar-refractivity contribution is -0.147. The van der Waals surface area contributed by atoms with Crippen molar-refractivity contribution in [2.75, 3.05) is 0 Å². The third-order valence-electron chi connectivity index (χ3n) is 4.48. The van der Waals surface area contributed by atoms with Crippen LogP contribution in [0, 0.1) is 0 Å². The molecule has 0 saturated heterocycles. The number of halogens is 5. The van der Waals surface area contributed by atoms with Crippen molar-refractivity contribution in [3.05, 3.63) is 33.8 Å². The average molecular weight is 575 g/mol. The Balaban J connectivity index is 1.99. The van der Waals surface area contributed by atoms with Gasteiger partial charge in [0, 0.05) is 5.56 Å². The predicted molar refractivity (Wildman–Crippen MR) is 123 cm³/mol. The number of thiazole rings is 1. The number of rotatable bonds is 8. The second-order valence-corrected chi connectivity index (χ2v) is 11.5. The molecule has 35 heavy (non-hydrogen) atoms. The Morgan fingerprint density at radius 2 is 1.86 bits per heavy atom. The van der Waals surface area contributed by atoms with E-state index in [0.717, 1.165) is 17.4 Å². The molecule has 1 aromatic carbocycles. The number of aliphatic hydroxyl groups is 2. The summed E-state index contributed by atoms with van der Waals surface area (Å²) < 4.78 is 70.5. The van der Waals surface area contributed by atoms with Gasteiger partial charge in [0.25, 0.3) is 5.89 Å². The number of benzene rings is 1. The summed E-state index contributed by atoms with van der Waals surface area (Å²) >= 11 is 13.4. The van der Waals surface area contributed by atoms with E-state index in [1.54, 1.807) is 13.8 Å². The zero-order valence-corrected chi connectivity index (χ0v) is 21.5. The highest BCUT2D eigenvalue weighted by Crippen LogP contribution is 2.43. The van der Waals surface area contributed by atoms with E-state index in [9.17, 15) is 31.8 Å². The molecule has 3 N–H and O–H groups in total. The molecule has 0 aliphatic carbocycles. The Hall–Kier alpha value is -1.81. The minimum atomic E-state index is -4.81. The molecular formula is C19H19Cl2F3N4O5S2. The number of alkyl halides is 3. The van der Waals surface area contributed by atoms with Gasteiger partial charge in [0.1, 0.15) is 10.9 Å². The Morgan fingerprint density at radius 3 is 2.43 bits per heavy atom. The van der Waals surface area contributed by atoms with Crippen molar-refractivity contribution in [2.45, 2.75) is 56.5 Å². The molecule has 16 heteroatoms. The maximum atomic E-state index is 12.8. The zero-order chi connectivity index (χ0) is 26.3. The second kappa shape index (κ2) is 9.92. The van der Waals surface area contributed by atoms with Gasteiger partial charge in [-0.15, -0.1) is 21.5 Å². The van der Waals surface area contributed by atoms with E-state index >= 15 is 0 Å². The average Bonchev–Trinajstić information content (AvgIpc) is 3.34. The first kappa shape index (κ1) is 27.8. The van der Waals surface area contributed by atoms with Crippen LogP contribution >= 0.6 is 34.5 Å².